The average Bonchev–Trinajstić information content (AvgIpc) is 2.87. The molecule has 0 spiro atoms. The number of halogens is 1. The molecule has 0 aromatic carbocycles. The van der Waals surface area contributed by atoms with E-state index >= 15 is 0 Å². The van der Waals surface area contributed by atoms with E-state index < -0.39 is 0 Å². The molecule has 0 saturated heterocycles. The van der Waals surface area contributed by atoms with Crippen LogP contribution in [0.4, 0.5) is 0 Å². The van der Waals surface area contributed by atoms with Crippen molar-refractivity contribution in [2.75, 3.05) is 6.61 Å². The van der Waals surface area contributed by atoms with Crippen molar-refractivity contribution >= 4 is 11.6 Å². The normalized spacial score (nSPS) is 14.6. The van der Waals surface area contributed by atoms with Gasteiger partial charge in [-0.25, -0.2) is 15.0 Å². The molecule has 0 saturated carbocycles. The van der Waals surface area contributed by atoms with Gasteiger partial charge >= 0.3 is 0 Å². The summed E-state index contributed by atoms with van der Waals surface area (Å²) in [6.07, 6.45) is 4.32. The lowest BCUT2D eigenvalue weighted by molar-refractivity contribution is 0.109. The summed E-state index contributed by atoms with van der Waals surface area (Å²) in [5, 5.41) is 0.485. The highest BCUT2D eigenvalue weighted by atomic mass is 35.5. The van der Waals surface area contributed by atoms with Crippen molar-refractivity contribution in [2.24, 2.45) is 0 Å². The van der Waals surface area contributed by atoms with E-state index in [1.54, 1.807) is 12.5 Å². The summed E-state index contributed by atoms with van der Waals surface area (Å²) >= 11 is 6.20. The first kappa shape index (κ1) is 11.6. The number of aryl methyl sites for hydroxylation is 1. The second-order valence-electron chi connectivity index (χ2n) is 4.13. The van der Waals surface area contributed by atoms with Gasteiger partial charge in [0.05, 0.1) is 31.4 Å². The van der Waals surface area contributed by atoms with E-state index in [9.17, 15) is 0 Å². The summed E-state index contributed by atoms with van der Waals surface area (Å²) in [4.78, 5) is 13.1. The van der Waals surface area contributed by atoms with Crippen molar-refractivity contribution in [3.63, 3.8) is 0 Å². The third-order valence-corrected chi connectivity index (χ3v) is 3.37. The molecule has 6 heteroatoms. The van der Waals surface area contributed by atoms with Crippen molar-refractivity contribution in [1.82, 2.24) is 19.5 Å². The SMILES string of the molecule is CCn1cncc1-c1nc(Cl)c2c(n1)CCOC2. The van der Waals surface area contributed by atoms with Crippen molar-refractivity contribution < 1.29 is 4.74 Å². The summed E-state index contributed by atoms with van der Waals surface area (Å²) in [5.41, 5.74) is 2.79. The molecule has 1 aliphatic rings. The Hall–Kier alpha value is -1.46. The molecule has 0 atom stereocenters. The van der Waals surface area contributed by atoms with Crippen LogP contribution < -0.4 is 0 Å². The number of ether oxygens (including phenoxy) is 1. The molecule has 1 aliphatic heterocycles. The fraction of sp³-hybridized carbons (Fsp3) is 0.417. The molecule has 94 valence electrons. The molecule has 0 radical (unpaired) electrons. The summed E-state index contributed by atoms with van der Waals surface area (Å²) in [7, 11) is 0. The number of hydrogen-bond donors (Lipinski definition) is 0. The highest BCUT2D eigenvalue weighted by molar-refractivity contribution is 6.30. The van der Waals surface area contributed by atoms with Gasteiger partial charge in [-0.1, -0.05) is 11.6 Å². The quantitative estimate of drug-likeness (QED) is 0.780. The molecule has 0 amide bonds. The van der Waals surface area contributed by atoms with Crippen LogP contribution in [0.5, 0.6) is 0 Å². The molecular weight excluding hydrogens is 252 g/mol. The number of imidazole rings is 1. The molecule has 2 aromatic rings. The van der Waals surface area contributed by atoms with Crippen LogP contribution in [-0.4, -0.2) is 26.1 Å². The lowest BCUT2D eigenvalue weighted by Crippen LogP contribution is -2.14. The highest BCUT2D eigenvalue weighted by Crippen LogP contribution is 2.25. The zero-order valence-corrected chi connectivity index (χ0v) is 10.8. The molecule has 3 rings (SSSR count). The number of fused-ring (bicyclic) bond motifs is 1. The zero-order valence-electron chi connectivity index (χ0n) is 10.1. The van der Waals surface area contributed by atoms with Gasteiger partial charge in [0.2, 0.25) is 0 Å². The highest BCUT2D eigenvalue weighted by Gasteiger charge is 2.18. The standard InChI is InChI=1S/C12H13ClN4O/c1-2-17-7-14-5-10(17)12-15-9-3-4-18-6-8(9)11(13)16-12/h5,7H,2-4,6H2,1H3. The van der Waals surface area contributed by atoms with Gasteiger partial charge in [-0.3, -0.25) is 0 Å². The Kier molecular flexibility index (Phi) is 3.01. The van der Waals surface area contributed by atoms with Gasteiger partial charge in [-0.2, -0.15) is 0 Å². The van der Waals surface area contributed by atoms with Crippen LogP contribution in [0.15, 0.2) is 12.5 Å². The van der Waals surface area contributed by atoms with E-state index in [4.69, 9.17) is 16.3 Å². The van der Waals surface area contributed by atoms with Crippen LogP contribution in [0.1, 0.15) is 18.2 Å². The van der Waals surface area contributed by atoms with Gasteiger partial charge in [0.15, 0.2) is 5.82 Å². The van der Waals surface area contributed by atoms with Crippen LogP contribution in [0.25, 0.3) is 11.5 Å². The molecule has 18 heavy (non-hydrogen) atoms. The average molecular weight is 265 g/mol. The first-order chi connectivity index (χ1) is 8.79. The van der Waals surface area contributed by atoms with Crippen LogP contribution >= 0.6 is 11.6 Å². The van der Waals surface area contributed by atoms with Gasteiger partial charge in [-0.15, -0.1) is 0 Å². The van der Waals surface area contributed by atoms with Crippen molar-refractivity contribution in [3.05, 3.63) is 28.9 Å². The maximum absolute atomic E-state index is 6.20. The number of rotatable bonds is 2. The van der Waals surface area contributed by atoms with E-state index in [1.165, 1.54) is 0 Å². The lowest BCUT2D eigenvalue weighted by Gasteiger charge is -2.17. The van der Waals surface area contributed by atoms with Gasteiger partial charge in [0.1, 0.15) is 10.8 Å². The van der Waals surface area contributed by atoms with Gasteiger partial charge in [0.25, 0.3) is 0 Å². The smallest absolute Gasteiger partial charge is 0.179 e. The third kappa shape index (κ3) is 1.89. The third-order valence-electron chi connectivity index (χ3n) is 3.05. The lowest BCUT2D eigenvalue weighted by atomic mass is 10.1. The Bertz CT molecular complexity index is 581. The fourth-order valence-corrected chi connectivity index (χ4v) is 2.31. The van der Waals surface area contributed by atoms with Gasteiger partial charge in [-0.05, 0) is 6.92 Å². The summed E-state index contributed by atoms with van der Waals surface area (Å²) in [6, 6.07) is 0. The fourth-order valence-electron chi connectivity index (χ4n) is 2.07. The van der Waals surface area contributed by atoms with E-state index in [0.29, 0.717) is 24.2 Å². The maximum Gasteiger partial charge on any atom is 0.179 e. The summed E-state index contributed by atoms with van der Waals surface area (Å²) < 4.78 is 7.37. The van der Waals surface area contributed by atoms with Crippen molar-refractivity contribution in [3.8, 4) is 11.5 Å². The second kappa shape index (κ2) is 4.66. The molecule has 0 unspecified atom stereocenters. The minimum atomic E-state index is 0.485. The van der Waals surface area contributed by atoms with Crippen LogP contribution in [0.2, 0.25) is 5.15 Å². The number of hydrogen-bond acceptors (Lipinski definition) is 4. The van der Waals surface area contributed by atoms with Crippen LogP contribution in [-0.2, 0) is 24.3 Å². The van der Waals surface area contributed by atoms with Crippen LogP contribution in [0.3, 0.4) is 0 Å². The molecule has 3 heterocycles. The molecular formula is C12H13ClN4O. The second-order valence-corrected chi connectivity index (χ2v) is 4.49. The predicted molar refractivity (Wildman–Crippen MR) is 67.3 cm³/mol. The predicted octanol–water partition coefficient (Wildman–Crippen LogP) is 2.09. The van der Waals surface area contributed by atoms with E-state index in [0.717, 1.165) is 29.9 Å². The molecule has 0 bridgehead atoms. The van der Waals surface area contributed by atoms with Gasteiger partial charge < -0.3 is 9.30 Å². The minimum Gasteiger partial charge on any atom is -0.376 e. The van der Waals surface area contributed by atoms with E-state index in [-0.39, 0.29) is 0 Å². The molecule has 0 fully saturated rings. The first-order valence-corrected chi connectivity index (χ1v) is 6.31. The molecule has 2 aromatic heterocycles. The molecule has 5 nitrogen and oxygen atoms in total. The summed E-state index contributed by atoms with van der Waals surface area (Å²) in [5.74, 6) is 0.639. The monoisotopic (exact) mass is 264 g/mol. The molecule has 0 aliphatic carbocycles. The van der Waals surface area contributed by atoms with Crippen molar-refractivity contribution in [1.29, 1.82) is 0 Å². The Balaban J connectivity index is 2.11. The number of aromatic nitrogens is 4. The maximum atomic E-state index is 6.20. The minimum absolute atomic E-state index is 0.485. The summed E-state index contributed by atoms with van der Waals surface area (Å²) in [6.45, 7) is 4.07. The van der Waals surface area contributed by atoms with Crippen molar-refractivity contribution in [2.45, 2.75) is 26.5 Å². The van der Waals surface area contributed by atoms with E-state index in [1.807, 2.05) is 4.57 Å². The van der Waals surface area contributed by atoms with Crippen LogP contribution in [0, 0.1) is 0 Å². The Morgan fingerprint density at radius 1 is 1.44 bits per heavy atom. The topological polar surface area (TPSA) is 52.8 Å². The first-order valence-electron chi connectivity index (χ1n) is 5.93. The largest absolute Gasteiger partial charge is 0.376 e. The molecule has 0 N–H and O–H groups in total. The Morgan fingerprint density at radius 3 is 3.17 bits per heavy atom. The Labute approximate surface area is 110 Å². The zero-order chi connectivity index (χ0) is 12.5. The number of nitrogens with zero attached hydrogens (tertiary/aromatic N) is 4. The Morgan fingerprint density at radius 2 is 2.33 bits per heavy atom. The van der Waals surface area contributed by atoms with E-state index in [2.05, 4.69) is 21.9 Å². The van der Waals surface area contributed by atoms with Gasteiger partial charge in [0, 0.05) is 18.5 Å².